The Kier molecular flexibility index (Phi) is 16.3. The van der Waals surface area contributed by atoms with Crippen LogP contribution in [0.15, 0.2) is 177 Å². The fraction of sp³-hybridized carbons (Fsp3) is 0.0870. The molecule has 0 aliphatic rings. The van der Waals surface area contributed by atoms with Gasteiger partial charge in [-0.2, -0.15) is 0 Å². The Hall–Kier alpha value is -4.78. The SMILES string of the molecule is Cc1ccc(N=C/C=C(\[N-]c2ccc(C)cc2)c2ccc(Br)cc2)cc1.Cc1ccc(N=C/C=C(\[N-]c2ccc(C)cc2)c2ccc(Br)cc2)cc1.[Cu+2]. The van der Waals surface area contributed by atoms with Crippen molar-refractivity contribution in [3.05, 3.63) is 211 Å². The molecule has 1 radical (unpaired) electrons. The smallest absolute Gasteiger partial charge is 0.657 e. The molecular formula is C46H40Br2CuN4. The van der Waals surface area contributed by atoms with Crippen LogP contribution in [-0.2, 0) is 17.1 Å². The van der Waals surface area contributed by atoms with Crippen molar-refractivity contribution < 1.29 is 17.1 Å². The second-order valence-electron chi connectivity index (χ2n) is 12.2. The molecule has 6 aromatic carbocycles. The van der Waals surface area contributed by atoms with E-state index >= 15 is 0 Å². The van der Waals surface area contributed by atoms with Gasteiger partial charge in [0.05, 0.1) is 11.4 Å². The molecule has 0 unspecified atom stereocenters. The normalized spacial score (nSPS) is 11.5. The van der Waals surface area contributed by atoms with Crippen molar-refractivity contribution in [1.29, 1.82) is 0 Å². The van der Waals surface area contributed by atoms with Gasteiger partial charge in [-0.3, -0.25) is 9.98 Å². The summed E-state index contributed by atoms with van der Waals surface area (Å²) in [6, 6.07) is 48.9. The van der Waals surface area contributed by atoms with Crippen molar-refractivity contribution >= 4 is 78.4 Å². The molecule has 0 amide bonds. The number of benzene rings is 6. The summed E-state index contributed by atoms with van der Waals surface area (Å²) in [5.74, 6) is 0. The molecule has 0 aliphatic carbocycles. The summed E-state index contributed by atoms with van der Waals surface area (Å²) >= 11 is 6.96. The van der Waals surface area contributed by atoms with Crippen LogP contribution in [0.4, 0.5) is 22.7 Å². The van der Waals surface area contributed by atoms with E-state index in [1.54, 1.807) is 12.4 Å². The molecule has 6 rings (SSSR count). The van der Waals surface area contributed by atoms with Crippen molar-refractivity contribution in [1.82, 2.24) is 0 Å². The summed E-state index contributed by atoms with van der Waals surface area (Å²) in [4.78, 5) is 9.03. The second-order valence-corrected chi connectivity index (χ2v) is 14.1. The Morgan fingerprint density at radius 3 is 1.00 bits per heavy atom. The Morgan fingerprint density at radius 2 is 0.698 bits per heavy atom. The summed E-state index contributed by atoms with van der Waals surface area (Å²) in [5, 5.41) is 9.60. The van der Waals surface area contributed by atoms with E-state index in [1.165, 1.54) is 22.3 Å². The molecule has 0 atom stereocenters. The van der Waals surface area contributed by atoms with Gasteiger partial charge >= 0.3 is 17.1 Å². The topological polar surface area (TPSA) is 52.9 Å². The molecule has 0 aliphatic heterocycles. The van der Waals surface area contributed by atoms with E-state index in [9.17, 15) is 0 Å². The Bertz CT molecular complexity index is 1980. The number of nitrogens with zero attached hydrogens (tertiary/aromatic N) is 4. The van der Waals surface area contributed by atoms with Crippen LogP contribution < -0.4 is 0 Å². The zero-order chi connectivity index (χ0) is 36.7. The van der Waals surface area contributed by atoms with E-state index in [0.29, 0.717) is 0 Å². The van der Waals surface area contributed by atoms with Crippen LogP contribution in [0, 0.1) is 27.7 Å². The molecule has 0 bridgehead atoms. The summed E-state index contributed by atoms with van der Waals surface area (Å²) in [6.07, 6.45) is 7.51. The maximum Gasteiger partial charge on any atom is 2.00 e. The van der Waals surface area contributed by atoms with E-state index < -0.39 is 0 Å². The van der Waals surface area contributed by atoms with Gasteiger partial charge in [0.25, 0.3) is 0 Å². The summed E-state index contributed by atoms with van der Waals surface area (Å²) in [6.45, 7) is 8.28. The number of halogens is 2. The van der Waals surface area contributed by atoms with Gasteiger partial charge in [-0.1, -0.05) is 163 Å². The van der Waals surface area contributed by atoms with Crippen LogP contribution in [0.2, 0.25) is 0 Å². The summed E-state index contributed by atoms with van der Waals surface area (Å²) < 4.78 is 2.09. The standard InChI is InChI=1S/2C23H20BrN2.Cu/c2*1-17-3-11-21(12-4-17)25-16-15-23(19-7-9-20(24)10-8-19)26-22-13-5-18(2)6-14-22;/h2*3-16H,1-2H3;/q2*-1;+2/b2*23-15-,25-16?;. The van der Waals surface area contributed by atoms with Gasteiger partial charge < -0.3 is 10.6 Å². The van der Waals surface area contributed by atoms with E-state index in [2.05, 4.69) is 118 Å². The maximum absolute atomic E-state index is 4.80. The van der Waals surface area contributed by atoms with Crippen molar-refractivity contribution in [3.63, 3.8) is 0 Å². The van der Waals surface area contributed by atoms with Crippen LogP contribution in [-0.4, -0.2) is 12.4 Å². The predicted molar refractivity (Wildman–Crippen MR) is 231 cm³/mol. The number of aliphatic imine (C=N–C) groups is 2. The van der Waals surface area contributed by atoms with Gasteiger partial charge in [0.15, 0.2) is 0 Å². The third-order valence-electron chi connectivity index (χ3n) is 7.83. The van der Waals surface area contributed by atoms with Gasteiger partial charge in [-0.15, -0.1) is 22.8 Å². The number of hydrogen-bond acceptors (Lipinski definition) is 2. The van der Waals surface area contributed by atoms with Crippen molar-refractivity contribution in [2.75, 3.05) is 0 Å². The fourth-order valence-corrected chi connectivity index (χ4v) is 5.33. The molecule has 0 spiro atoms. The van der Waals surface area contributed by atoms with Crippen LogP contribution in [0.1, 0.15) is 33.4 Å². The first-order valence-electron chi connectivity index (χ1n) is 16.9. The third-order valence-corrected chi connectivity index (χ3v) is 8.88. The molecule has 0 N–H and O–H groups in total. The molecule has 7 heteroatoms. The molecule has 269 valence electrons. The van der Waals surface area contributed by atoms with Gasteiger partial charge in [-0.25, -0.2) is 0 Å². The first kappa shape index (κ1) is 41.0. The average Bonchev–Trinajstić information content (AvgIpc) is 3.15. The van der Waals surface area contributed by atoms with E-state index in [0.717, 1.165) is 54.2 Å². The Morgan fingerprint density at radius 1 is 0.415 bits per heavy atom. The maximum atomic E-state index is 4.80. The Balaban J connectivity index is 0.000000232. The molecule has 0 saturated heterocycles. The number of aryl methyl sites for hydroxylation is 4. The zero-order valence-corrected chi connectivity index (χ0v) is 34.1. The van der Waals surface area contributed by atoms with Crippen LogP contribution in [0.3, 0.4) is 0 Å². The molecule has 4 nitrogen and oxygen atoms in total. The average molecular weight is 872 g/mol. The first-order valence-corrected chi connectivity index (χ1v) is 18.5. The number of rotatable bonds is 10. The first-order chi connectivity index (χ1) is 25.2. The van der Waals surface area contributed by atoms with Crippen molar-refractivity contribution in [2.45, 2.75) is 27.7 Å². The van der Waals surface area contributed by atoms with Gasteiger partial charge in [0.1, 0.15) is 0 Å². The Labute approximate surface area is 341 Å². The van der Waals surface area contributed by atoms with E-state index in [-0.39, 0.29) is 17.1 Å². The molecule has 0 saturated carbocycles. The minimum atomic E-state index is 0. The van der Waals surface area contributed by atoms with E-state index in [4.69, 9.17) is 10.6 Å². The summed E-state index contributed by atoms with van der Waals surface area (Å²) in [7, 11) is 0. The molecule has 0 heterocycles. The number of hydrogen-bond donors (Lipinski definition) is 0. The van der Waals surface area contributed by atoms with Crippen LogP contribution in [0.5, 0.6) is 0 Å². The van der Waals surface area contributed by atoms with Crippen LogP contribution >= 0.6 is 31.9 Å². The van der Waals surface area contributed by atoms with Gasteiger partial charge in [-0.05, 0) is 87.4 Å². The van der Waals surface area contributed by atoms with Crippen molar-refractivity contribution in [3.8, 4) is 0 Å². The predicted octanol–water partition coefficient (Wildman–Crippen LogP) is 15.0. The zero-order valence-electron chi connectivity index (χ0n) is 30.0. The van der Waals surface area contributed by atoms with E-state index in [1.807, 2.05) is 109 Å². The quantitative estimate of drug-likeness (QED) is 0.0973. The molecule has 53 heavy (non-hydrogen) atoms. The third kappa shape index (κ3) is 13.9. The molecule has 6 aromatic rings. The van der Waals surface area contributed by atoms with Crippen LogP contribution in [0.25, 0.3) is 22.0 Å². The number of allylic oxidation sites excluding steroid dienone is 2. The minimum Gasteiger partial charge on any atom is -0.657 e. The monoisotopic (exact) mass is 869 g/mol. The molecular weight excluding hydrogens is 832 g/mol. The second kappa shape index (κ2) is 21.1. The molecule has 0 fully saturated rings. The summed E-state index contributed by atoms with van der Waals surface area (Å²) in [5.41, 5.74) is 12.4. The van der Waals surface area contributed by atoms with Gasteiger partial charge in [0.2, 0.25) is 0 Å². The van der Waals surface area contributed by atoms with Crippen molar-refractivity contribution in [2.24, 2.45) is 9.98 Å². The van der Waals surface area contributed by atoms with Gasteiger partial charge in [0, 0.05) is 21.4 Å². The largest absolute Gasteiger partial charge is 2.00 e. The fourth-order valence-electron chi connectivity index (χ4n) is 4.80. The molecule has 0 aromatic heterocycles. The minimum absolute atomic E-state index is 0.